The van der Waals surface area contributed by atoms with E-state index in [1.807, 2.05) is 34.7 Å². The first-order valence-corrected chi connectivity index (χ1v) is 15.4. The van der Waals surface area contributed by atoms with Crippen molar-refractivity contribution in [1.29, 1.82) is 0 Å². The van der Waals surface area contributed by atoms with Gasteiger partial charge < -0.3 is 20.2 Å². The van der Waals surface area contributed by atoms with Crippen molar-refractivity contribution < 1.29 is 14.7 Å². The lowest BCUT2D eigenvalue weighted by atomic mass is 9.98. The maximum Gasteiger partial charge on any atom is 0.251 e. The highest BCUT2D eigenvalue weighted by molar-refractivity contribution is 7.13. The third-order valence-corrected chi connectivity index (χ3v) is 9.15. The molecule has 0 radical (unpaired) electrons. The lowest BCUT2D eigenvalue weighted by molar-refractivity contribution is -0.144. The van der Waals surface area contributed by atoms with Crippen LogP contribution < -0.4 is 10.2 Å². The van der Waals surface area contributed by atoms with Gasteiger partial charge in [0.1, 0.15) is 11.9 Å². The van der Waals surface area contributed by atoms with Crippen molar-refractivity contribution in [2.75, 3.05) is 44.2 Å². The highest BCUT2D eigenvalue weighted by Gasteiger charge is 2.41. The molecule has 2 aliphatic rings. The van der Waals surface area contributed by atoms with Gasteiger partial charge in [0, 0.05) is 44.0 Å². The Bertz CT molecular complexity index is 1580. The summed E-state index contributed by atoms with van der Waals surface area (Å²) in [5.41, 5.74) is 3.21. The summed E-state index contributed by atoms with van der Waals surface area (Å²) < 4.78 is 1.71. The normalized spacial score (nSPS) is 17.8. The minimum absolute atomic E-state index is 0.0176. The predicted octanol–water partition coefficient (Wildman–Crippen LogP) is 2.76. The van der Waals surface area contributed by atoms with Gasteiger partial charge in [-0.05, 0) is 56.1 Å². The van der Waals surface area contributed by atoms with E-state index >= 15 is 0 Å². The van der Waals surface area contributed by atoms with Crippen LogP contribution in [0, 0.1) is 0 Å². The van der Waals surface area contributed by atoms with Crippen molar-refractivity contribution in [3.63, 3.8) is 0 Å². The maximum absolute atomic E-state index is 13.5. The van der Waals surface area contributed by atoms with E-state index in [0.717, 1.165) is 23.7 Å². The van der Waals surface area contributed by atoms with Gasteiger partial charge in [-0.2, -0.15) is 5.10 Å². The molecule has 11 nitrogen and oxygen atoms in total. The van der Waals surface area contributed by atoms with Crippen LogP contribution in [-0.2, 0) is 4.79 Å². The standard InChI is InChI=1S/C30H36N8O3S/c1-4-35(5-2)19(3)15-31-29(40)20-13-24(22-16-32-38-11-8-23(34-28(22)38)26-7-6-12-42-26)33-27(14-20)37-10-9-25(37)30(41)36-17-21(39)18-36/h6-8,11-14,16,19,21,25,39H,4-5,9-10,15,17-18H2,1-3H3,(H,31,40)/t19?,25-/m0/s1. The number of β-amino-alcohol motifs (C(OH)–C–C–N with tert-alkyl or cyclic N) is 1. The van der Waals surface area contributed by atoms with Crippen LogP contribution in [0.1, 0.15) is 37.6 Å². The number of fused-ring (bicyclic) bond motifs is 1. The van der Waals surface area contributed by atoms with Crippen LogP contribution in [0.2, 0.25) is 0 Å². The average molecular weight is 589 g/mol. The number of rotatable bonds is 10. The molecule has 1 unspecified atom stereocenters. The maximum atomic E-state index is 13.5. The molecule has 2 N–H and O–H groups in total. The summed E-state index contributed by atoms with van der Waals surface area (Å²) in [4.78, 5) is 43.5. The lowest BCUT2D eigenvalue weighted by Gasteiger charge is -2.46. The van der Waals surface area contributed by atoms with E-state index in [9.17, 15) is 14.7 Å². The SMILES string of the molecule is CCN(CC)C(C)CNC(=O)c1cc(-c2cnn3ccc(-c4cccs4)nc23)nc(N2CC[C@H]2C(=O)N2CC(O)C2)c1. The minimum atomic E-state index is -0.458. The molecule has 2 saturated heterocycles. The number of carbonyl (C=O) groups is 2. The third-order valence-electron chi connectivity index (χ3n) is 8.26. The number of thiophene rings is 1. The molecule has 4 aromatic rings. The quantitative estimate of drug-likeness (QED) is 0.290. The second-order valence-electron chi connectivity index (χ2n) is 10.9. The number of anilines is 1. The molecule has 220 valence electrons. The zero-order chi connectivity index (χ0) is 29.4. The van der Waals surface area contributed by atoms with E-state index in [2.05, 4.69) is 36.1 Å². The second kappa shape index (κ2) is 11.8. The van der Waals surface area contributed by atoms with Gasteiger partial charge in [-0.25, -0.2) is 14.5 Å². The Morgan fingerprint density at radius 1 is 1.17 bits per heavy atom. The molecule has 2 fully saturated rings. The Morgan fingerprint density at radius 2 is 1.98 bits per heavy atom. The summed E-state index contributed by atoms with van der Waals surface area (Å²) in [6.07, 6.45) is 3.83. The molecule has 6 heterocycles. The summed E-state index contributed by atoms with van der Waals surface area (Å²) in [7, 11) is 0. The Labute approximate surface area is 248 Å². The van der Waals surface area contributed by atoms with Gasteiger partial charge in [-0.1, -0.05) is 19.9 Å². The highest BCUT2D eigenvalue weighted by Crippen LogP contribution is 2.33. The number of aromatic nitrogens is 4. The molecule has 0 aliphatic carbocycles. The number of likely N-dealkylation sites (N-methyl/N-ethyl adjacent to an activating group) is 1. The summed E-state index contributed by atoms with van der Waals surface area (Å²) in [6, 6.07) is 9.31. The van der Waals surface area contributed by atoms with E-state index in [0.29, 0.717) is 60.9 Å². The molecule has 0 spiro atoms. The summed E-state index contributed by atoms with van der Waals surface area (Å²) in [5.74, 6) is 0.349. The number of hydrogen-bond acceptors (Lipinski definition) is 9. The molecule has 6 rings (SSSR count). The van der Waals surface area contributed by atoms with Crippen LogP contribution >= 0.6 is 11.3 Å². The van der Waals surface area contributed by atoms with E-state index < -0.39 is 6.10 Å². The first-order valence-electron chi connectivity index (χ1n) is 14.5. The van der Waals surface area contributed by atoms with Crippen LogP contribution in [0.25, 0.3) is 27.5 Å². The van der Waals surface area contributed by atoms with Crippen molar-refractivity contribution in [1.82, 2.24) is 34.7 Å². The van der Waals surface area contributed by atoms with Gasteiger partial charge in [0.05, 0.1) is 34.1 Å². The summed E-state index contributed by atoms with van der Waals surface area (Å²) in [6.45, 7) is 10.0. The average Bonchev–Trinajstić information content (AvgIpc) is 3.64. The van der Waals surface area contributed by atoms with Crippen molar-refractivity contribution in [2.45, 2.75) is 45.4 Å². The first-order chi connectivity index (χ1) is 20.4. The van der Waals surface area contributed by atoms with Crippen LogP contribution in [0.4, 0.5) is 5.82 Å². The Morgan fingerprint density at radius 3 is 2.64 bits per heavy atom. The summed E-state index contributed by atoms with van der Waals surface area (Å²) in [5, 5.41) is 19.3. The molecule has 42 heavy (non-hydrogen) atoms. The number of pyridine rings is 1. The van der Waals surface area contributed by atoms with Crippen molar-refractivity contribution in [2.24, 2.45) is 0 Å². The molecule has 4 aromatic heterocycles. The van der Waals surface area contributed by atoms with E-state index in [-0.39, 0.29) is 23.9 Å². The van der Waals surface area contributed by atoms with Gasteiger partial charge in [0.25, 0.3) is 5.91 Å². The molecule has 0 aromatic carbocycles. The molecule has 2 amide bonds. The van der Waals surface area contributed by atoms with Crippen LogP contribution in [0.15, 0.2) is 48.1 Å². The van der Waals surface area contributed by atoms with Crippen molar-refractivity contribution in [3.8, 4) is 21.8 Å². The van der Waals surface area contributed by atoms with Gasteiger partial charge >= 0.3 is 0 Å². The Balaban J connectivity index is 1.35. The lowest BCUT2D eigenvalue weighted by Crippen LogP contribution is -2.63. The second-order valence-corrected chi connectivity index (χ2v) is 11.8. The Hall–Kier alpha value is -3.87. The van der Waals surface area contributed by atoms with E-state index in [4.69, 9.17) is 9.97 Å². The predicted molar refractivity (Wildman–Crippen MR) is 163 cm³/mol. The van der Waals surface area contributed by atoms with Crippen molar-refractivity contribution >= 4 is 34.6 Å². The van der Waals surface area contributed by atoms with E-state index in [1.54, 1.807) is 39.1 Å². The molecular weight excluding hydrogens is 552 g/mol. The zero-order valence-electron chi connectivity index (χ0n) is 24.1. The first kappa shape index (κ1) is 28.3. The molecular formula is C30H36N8O3S. The molecule has 0 saturated carbocycles. The zero-order valence-corrected chi connectivity index (χ0v) is 24.9. The largest absolute Gasteiger partial charge is 0.389 e. The minimum Gasteiger partial charge on any atom is -0.389 e. The fourth-order valence-electron chi connectivity index (χ4n) is 5.63. The number of nitrogens with one attached hydrogen (secondary N) is 1. The number of likely N-dealkylation sites (tertiary alicyclic amines) is 1. The Kier molecular flexibility index (Phi) is 7.93. The molecule has 12 heteroatoms. The van der Waals surface area contributed by atoms with Crippen LogP contribution in [-0.4, -0.2) is 104 Å². The number of nitrogens with zero attached hydrogens (tertiary/aromatic N) is 7. The van der Waals surface area contributed by atoms with Crippen LogP contribution in [0.3, 0.4) is 0 Å². The number of carbonyl (C=O) groups excluding carboxylic acids is 2. The number of hydrogen-bond donors (Lipinski definition) is 2. The van der Waals surface area contributed by atoms with Gasteiger partial charge in [0.15, 0.2) is 5.65 Å². The van der Waals surface area contributed by atoms with Gasteiger partial charge in [-0.3, -0.25) is 14.5 Å². The monoisotopic (exact) mass is 588 g/mol. The fraction of sp³-hybridized carbons (Fsp3) is 0.433. The van der Waals surface area contributed by atoms with Crippen LogP contribution in [0.5, 0.6) is 0 Å². The fourth-order valence-corrected chi connectivity index (χ4v) is 6.32. The highest BCUT2D eigenvalue weighted by atomic mass is 32.1. The number of aliphatic hydroxyl groups excluding tert-OH is 1. The molecule has 2 atom stereocenters. The summed E-state index contributed by atoms with van der Waals surface area (Å²) >= 11 is 1.61. The third kappa shape index (κ3) is 5.37. The van der Waals surface area contributed by atoms with E-state index in [1.165, 1.54) is 0 Å². The number of amides is 2. The van der Waals surface area contributed by atoms with Gasteiger partial charge in [-0.15, -0.1) is 11.3 Å². The van der Waals surface area contributed by atoms with Gasteiger partial charge in [0.2, 0.25) is 5.91 Å². The molecule has 0 bridgehead atoms. The molecule has 2 aliphatic heterocycles. The number of aliphatic hydroxyl groups is 1. The smallest absolute Gasteiger partial charge is 0.251 e. The van der Waals surface area contributed by atoms with Crippen molar-refractivity contribution in [3.05, 3.63) is 53.7 Å². The topological polar surface area (TPSA) is 119 Å².